The average Bonchev–Trinajstić information content (AvgIpc) is 2.95. The number of nitrogens with zero attached hydrogens (tertiary/aromatic N) is 2. The van der Waals surface area contributed by atoms with E-state index < -0.39 is 0 Å². The molecule has 0 aliphatic heterocycles. The van der Waals surface area contributed by atoms with Crippen LogP contribution in [0.1, 0.15) is 24.8 Å². The first kappa shape index (κ1) is 14.1. The van der Waals surface area contributed by atoms with Crippen LogP contribution in [0.2, 0.25) is 0 Å². The fourth-order valence-electron chi connectivity index (χ4n) is 2.03. The number of aromatic nitrogens is 2. The Morgan fingerprint density at radius 2 is 2.35 bits per heavy atom. The van der Waals surface area contributed by atoms with Gasteiger partial charge in [-0.15, -0.1) is 0 Å². The normalized spacial score (nSPS) is 12.1. The second-order valence-corrected chi connectivity index (χ2v) is 4.84. The standard InChI is InChI=1S/C15H20N4O/c1-12(13-4-2-5-14(16)10-13)15(20)18-6-3-8-19-9-7-17-11-19/h2,4-5,7,9-12H,3,6,8,16H2,1H3,(H,18,20). The molecule has 2 rings (SSSR count). The van der Waals surface area contributed by atoms with E-state index in [0.29, 0.717) is 12.2 Å². The Balaban J connectivity index is 1.76. The zero-order valence-electron chi connectivity index (χ0n) is 11.6. The van der Waals surface area contributed by atoms with E-state index in [4.69, 9.17) is 5.73 Å². The molecule has 1 aromatic heterocycles. The second-order valence-electron chi connectivity index (χ2n) is 4.84. The van der Waals surface area contributed by atoms with Crippen LogP contribution in [0.25, 0.3) is 0 Å². The summed E-state index contributed by atoms with van der Waals surface area (Å²) in [6.07, 6.45) is 6.32. The molecule has 106 valence electrons. The monoisotopic (exact) mass is 272 g/mol. The quantitative estimate of drug-likeness (QED) is 0.622. The van der Waals surface area contributed by atoms with Gasteiger partial charge in [0.05, 0.1) is 12.2 Å². The fraction of sp³-hybridized carbons (Fsp3) is 0.333. The minimum Gasteiger partial charge on any atom is -0.399 e. The van der Waals surface area contributed by atoms with Gasteiger partial charge in [0.1, 0.15) is 0 Å². The third kappa shape index (κ3) is 3.85. The van der Waals surface area contributed by atoms with E-state index in [-0.39, 0.29) is 11.8 Å². The summed E-state index contributed by atoms with van der Waals surface area (Å²) >= 11 is 0. The van der Waals surface area contributed by atoms with Crippen LogP contribution in [0, 0.1) is 0 Å². The Hall–Kier alpha value is -2.30. The number of amides is 1. The molecule has 0 radical (unpaired) electrons. The molecule has 0 spiro atoms. The zero-order chi connectivity index (χ0) is 14.4. The van der Waals surface area contributed by atoms with Crippen molar-refractivity contribution in [2.75, 3.05) is 12.3 Å². The van der Waals surface area contributed by atoms with Gasteiger partial charge in [0.2, 0.25) is 5.91 Å². The van der Waals surface area contributed by atoms with E-state index in [2.05, 4.69) is 10.3 Å². The summed E-state index contributed by atoms with van der Waals surface area (Å²) in [5.74, 6) is -0.159. The van der Waals surface area contributed by atoms with Gasteiger partial charge in [0.25, 0.3) is 0 Å². The van der Waals surface area contributed by atoms with Crippen LogP contribution in [0.4, 0.5) is 5.69 Å². The van der Waals surface area contributed by atoms with Crippen molar-refractivity contribution in [2.24, 2.45) is 0 Å². The zero-order valence-corrected chi connectivity index (χ0v) is 11.6. The first-order valence-electron chi connectivity index (χ1n) is 6.75. The molecule has 1 heterocycles. The number of nitrogen functional groups attached to an aromatic ring is 1. The van der Waals surface area contributed by atoms with Gasteiger partial charge >= 0.3 is 0 Å². The lowest BCUT2D eigenvalue weighted by atomic mass is 10.00. The van der Waals surface area contributed by atoms with E-state index >= 15 is 0 Å². The van der Waals surface area contributed by atoms with Gasteiger partial charge in [-0.2, -0.15) is 0 Å². The van der Waals surface area contributed by atoms with Crippen molar-refractivity contribution in [1.82, 2.24) is 14.9 Å². The lowest BCUT2D eigenvalue weighted by Gasteiger charge is -2.13. The van der Waals surface area contributed by atoms with Crippen LogP contribution in [0.5, 0.6) is 0 Å². The Kier molecular flexibility index (Phi) is 4.76. The highest BCUT2D eigenvalue weighted by Crippen LogP contribution is 2.17. The minimum absolute atomic E-state index is 0.0289. The fourth-order valence-corrected chi connectivity index (χ4v) is 2.03. The SMILES string of the molecule is CC(C(=O)NCCCn1ccnc1)c1cccc(N)c1. The van der Waals surface area contributed by atoms with Crippen LogP contribution < -0.4 is 11.1 Å². The average molecular weight is 272 g/mol. The third-order valence-corrected chi connectivity index (χ3v) is 3.26. The first-order chi connectivity index (χ1) is 9.66. The van der Waals surface area contributed by atoms with Crippen LogP contribution in [-0.4, -0.2) is 22.0 Å². The molecule has 0 bridgehead atoms. The van der Waals surface area contributed by atoms with Gasteiger partial charge in [-0.3, -0.25) is 4.79 Å². The van der Waals surface area contributed by atoms with Crippen molar-refractivity contribution in [3.63, 3.8) is 0 Å². The summed E-state index contributed by atoms with van der Waals surface area (Å²) < 4.78 is 1.99. The molecule has 1 amide bonds. The van der Waals surface area contributed by atoms with Crippen molar-refractivity contribution in [1.29, 1.82) is 0 Å². The van der Waals surface area contributed by atoms with Gasteiger partial charge < -0.3 is 15.6 Å². The van der Waals surface area contributed by atoms with Gasteiger partial charge in [-0.05, 0) is 31.0 Å². The minimum atomic E-state index is -0.188. The molecule has 0 saturated heterocycles. The molecule has 1 atom stereocenters. The van der Waals surface area contributed by atoms with E-state index in [1.807, 2.05) is 42.0 Å². The summed E-state index contributed by atoms with van der Waals surface area (Å²) in [4.78, 5) is 16.0. The summed E-state index contributed by atoms with van der Waals surface area (Å²) in [5, 5.41) is 2.95. The number of hydrogen-bond donors (Lipinski definition) is 2. The van der Waals surface area contributed by atoms with Gasteiger partial charge in [0.15, 0.2) is 0 Å². The van der Waals surface area contributed by atoms with Crippen molar-refractivity contribution in [3.05, 3.63) is 48.5 Å². The van der Waals surface area contributed by atoms with E-state index in [1.54, 1.807) is 12.5 Å². The van der Waals surface area contributed by atoms with Gasteiger partial charge in [-0.25, -0.2) is 4.98 Å². The summed E-state index contributed by atoms with van der Waals surface area (Å²) in [7, 11) is 0. The number of imidazole rings is 1. The van der Waals surface area contributed by atoms with Crippen molar-refractivity contribution in [3.8, 4) is 0 Å². The molecule has 2 aromatic rings. The smallest absolute Gasteiger partial charge is 0.227 e. The van der Waals surface area contributed by atoms with E-state index in [9.17, 15) is 4.79 Å². The molecule has 1 aromatic carbocycles. The van der Waals surface area contributed by atoms with E-state index in [0.717, 1.165) is 18.5 Å². The van der Waals surface area contributed by atoms with Crippen molar-refractivity contribution < 1.29 is 4.79 Å². The first-order valence-corrected chi connectivity index (χ1v) is 6.75. The van der Waals surface area contributed by atoms with Crippen LogP contribution >= 0.6 is 0 Å². The number of hydrogen-bond acceptors (Lipinski definition) is 3. The largest absolute Gasteiger partial charge is 0.399 e. The maximum Gasteiger partial charge on any atom is 0.227 e. The number of rotatable bonds is 6. The van der Waals surface area contributed by atoms with E-state index in [1.165, 1.54) is 0 Å². The molecule has 0 aliphatic carbocycles. The molecule has 20 heavy (non-hydrogen) atoms. The molecule has 0 fully saturated rings. The Morgan fingerprint density at radius 1 is 1.50 bits per heavy atom. The number of anilines is 1. The summed E-state index contributed by atoms with van der Waals surface area (Å²) in [6.45, 7) is 3.40. The Labute approximate surface area is 118 Å². The number of aryl methyl sites for hydroxylation is 1. The molecular weight excluding hydrogens is 252 g/mol. The highest BCUT2D eigenvalue weighted by molar-refractivity contribution is 5.83. The second kappa shape index (κ2) is 6.75. The van der Waals surface area contributed by atoms with Crippen LogP contribution in [0.15, 0.2) is 43.0 Å². The topological polar surface area (TPSA) is 72.9 Å². The van der Waals surface area contributed by atoms with Crippen molar-refractivity contribution in [2.45, 2.75) is 25.8 Å². The number of nitrogens with one attached hydrogen (secondary N) is 1. The molecule has 5 heteroatoms. The molecule has 0 aliphatic rings. The maximum atomic E-state index is 12.0. The predicted molar refractivity (Wildman–Crippen MR) is 79.1 cm³/mol. The predicted octanol–water partition coefficient (Wildman–Crippen LogP) is 1.78. The van der Waals surface area contributed by atoms with Gasteiger partial charge in [-0.1, -0.05) is 12.1 Å². The number of nitrogens with two attached hydrogens (primary N) is 1. The summed E-state index contributed by atoms with van der Waals surface area (Å²) in [5.41, 5.74) is 7.36. The van der Waals surface area contributed by atoms with Gasteiger partial charge in [0, 0.05) is 31.2 Å². The Morgan fingerprint density at radius 3 is 3.05 bits per heavy atom. The lowest BCUT2D eigenvalue weighted by molar-refractivity contribution is -0.122. The highest BCUT2D eigenvalue weighted by Gasteiger charge is 2.14. The lowest BCUT2D eigenvalue weighted by Crippen LogP contribution is -2.29. The third-order valence-electron chi connectivity index (χ3n) is 3.26. The molecule has 3 N–H and O–H groups in total. The maximum absolute atomic E-state index is 12.0. The van der Waals surface area contributed by atoms with Crippen molar-refractivity contribution >= 4 is 11.6 Å². The Bertz CT molecular complexity index is 551. The number of carbonyl (C=O) groups is 1. The molecule has 5 nitrogen and oxygen atoms in total. The molecule has 1 unspecified atom stereocenters. The molecular formula is C15H20N4O. The number of benzene rings is 1. The van der Waals surface area contributed by atoms with Crippen LogP contribution in [0.3, 0.4) is 0 Å². The number of carbonyl (C=O) groups excluding carboxylic acids is 1. The van der Waals surface area contributed by atoms with Crippen LogP contribution in [-0.2, 0) is 11.3 Å². The highest BCUT2D eigenvalue weighted by atomic mass is 16.1. The molecule has 0 saturated carbocycles. The summed E-state index contributed by atoms with van der Waals surface area (Å²) in [6, 6.07) is 7.45.